The minimum atomic E-state index is -0.386. The average molecular weight is 355 g/mol. The second-order valence-corrected chi connectivity index (χ2v) is 6.62. The topological polar surface area (TPSA) is 65.8 Å². The number of hydrogen-bond donors (Lipinski definition) is 1. The van der Waals surface area contributed by atoms with Gasteiger partial charge in [-0.05, 0) is 49.1 Å². The van der Waals surface area contributed by atoms with E-state index in [0.29, 0.717) is 6.54 Å². The van der Waals surface area contributed by atoms with Crippen LogP contribution in [0, 0.1) is 0 Å². The molecule has 1 aromatic carbocycles. The highest BCUT2D eigenvalue weighted by Crippen LogP contribution is 2.20. The molecule has 0 spiro atoms. The van der Waals surface area contributed by atoms with Crippen molar-refractivity contribution in [2.75, 3.05) is 31.6 Å². The maximum Gasteiger partial charge on any atom is 0.287 e. The van der Waals surface area contributed by atoms with Crippen LogP contribution in [-0.2, 0) is 11.3 Å². The first-order chi connectivity index (χ1) is 12.6. The number of likely N-dealkylation sites (N-methyl/N-ethyl adjacent to an activating group) is 1. The van der Waals surface area contributed by atoms with E-state index in [1.807, 2.05) is 0 Å². The molecular formula is C20H25N3O3. The highest BCUT2D eigenvalue weighted by molar-refractivity contribution is 5.94. The number of piperidine rings is 1. The molecule has 1 fully saturated rings. The quantitative estimate of drug-likeness (QED) is 0.865. The van der Waals surface area contributed by atoms with Gasteiger partial charge in [0.15, 0.2) is 5.76 Å². The summed E-state index contributed by atoms with van der Waals surface area (Å²) >= 11 is 0. The Hall–Kier alpha value is -2.76. The number of nitrogens with zero attached hydrogens (tertiary/aromatic N) is 2. The van der Waals surface area contributed by atoms with E-state index in [0.717, 1.165) is 18.7 Å². The van der Waals surface area contributed by atoms with Gasteiger partial charge in [0.05, 0.1) is 12.8 Å². The predicted molar refractivity (Wildman–Crippen MR) is 100 cm³/mol. The maximum absolute atomic E-state index is 12.2. The fourth-order valence-electron chi connectivity index (χ4n) is 3.11. The summed E-state index contributed by atoms with van der Waals surface area (Å²) in [5.41, 5.74) is 2.31. The number of carbonyl (C=O) groups is 2. The SMILES string of the molecule is CN(Cc1ccc(N2CCCCC2)cc1)C(=O)CNC(=O)c1ccco1. The molecule has 0 bridgehead atoms. The van der Waals surface area contributed by atoms with Crippen LogP contribution in [0.25, 0.3) is 0 Å². The Morgan fingerprint density at radius 2 is 1.85 bits per heavy atom. The first-order valence-corrected chi connectivity index (χ1v) is 9.03. The summed E-state index contributed by atoms with van der Waals surface area (Å²) in [6.45, 7) is 2.69. The normalized spacial score (nSPS) is 14.1. The standard InChI is InChI=1S/C20H25N3O3/c1-22(19(24)14-21-20(25)18-6-5-13-26-18)15-16-7-9-17(10-8-16)23-11-3-2-4-12-23/h5-10,13H,2-4,11-12,14-15H2,1H3,(H,21,25). The number of nitrogens with one attached hydrogen (secondary N) is 1. The minimum absolute atomic E-state index is 0.0537. The molecule has 2 amide bonds. The second kappa shape index (κ2) is 8.56. The summed E-state index contributed by atoms with van der Waals surface area (Å²) in [6, 6.07) is 11.6. The van der Waals surface area contributed by atoms with Crippen LogP contribution in [-0.4, -0.2) is 43.4 Å². The summed E-state index contributed by atoms with van der Waals surface area (Å²) in [4.78, 5) is 28.0. The van der Waals surface area contributed by atoms with Gasteiger partial charge < -0.3 is 19.5 Å². The second-order valence-electron chi connectivity index (χ2n) is 6.62. The predicted octanol–water partition coefficient (Wildman–Crippen LogP) is 2.66. The molecule has 138 valence electrons. The third kappa shape index (κ3) is 4.65. The molecule has 1 N–H and O–H groups in total. The molecule has 0 radical (unpaired) electrons. The van der Waals surface area contributed by atoms with Crippen LogP contribution < -0.4 is 10.2 Å². The number of furan rings is 1. The number of benzene rings is 1. The lowest BCUT2D eigenvalue weighted by Crippen LogP contribution is -2.37. The molecule has 1 aromatic heterocycles. The van der Waals surface area contributed by atoms with E-state index in [4.69, 9.17) is 4.42 Å². The largest absolute Gasteiger partial charge is 0.459 e. The highest BCUT2D eigenvalue weighted by atomic mass is 16.3. The van der Waals surface area contributed by atoms with E-state index in [9.17, 15) is 9.59 Å². The summed E-state index contributed by atoms with van der Waals surface area (Å²) in [5.74, 6) is -0.332. The summed E-state index contributed by atoms with van der Waals surface area (Å²) in [7, 11) is 1.74. The maximum atomic E-state index is 12.2. The molecule has 2 aromatic rings. The molecular weight excluding hydrogens is 330 g/mol. The van der Waals surface area contributed by atoms with Gasteiger partial charge in [0.1, 0.15) is 0 Å². The average Bonchev–Trinajstić information content (AvgIpc) is 3.22. The zero-order chi connectivity index (χ0) is 18.4. The molecule has 0 atom stereocenters. The van der Waals surface area contributed by atoms with Gasteiger partial charge in [-0.1, -0.05) is 12.1 Å². The number of amides is 2. The molecule has 3 rings (SSSR count). The number of rotatable bonds is 6. The Morgan fingerprint density at radius 3 is 2.50 bits per heavy atom. The van der Waals surface area contributed by atoms with Crippen molar-refractivity contribution in [1.82, 2.24) is 10.2 Å². The van der Waals surface area contributed by atoms with E-state index >= 15 is 0 Å². The van der Waals surface area contributed by atoms with Gasteiger partial charge in [-0.3, -0.25) is 9.59 Å². The third-order valence-electron chi connectivity index (χ3n) is 4.65. The van der Waals surface area contributed by atoms with Crippen LogP contribution >= 0.6 is 0 Å². The first-order valence-electron chi connectivity index (χ1n) is 9.03. The molecule has 0 saturated carbocycles. The van der Waals surface area contributed by atoms with Crippen LogP contribution in [0.3, 0.4) is 0 Å². The van der Waals surface area contributed by atoms with Crippen molar-refractivity contribution < 1.29 is 14.0 Å². The lowest BCUT2D eigenvalue weighted by Gasteiger charge is -2.29. The fourth-order valence-corrected chi connectivity index (χ4v) is 3.11. The van der Waals surface area contributed by atoms with Crippen molar-refractivity contribution in [1.29, 1.82) is 0 Å². The van der Waals surface area contributed by atoms with Crippen molar-refractivity contribution in [3.63, 3.8) is 0 Å². The third-order valence-corrected chi connectivity index (χ3v) is 4.65. The zero-order valence-electron chi connectivity index (χ0n) is 15.1. The van der Waals surface area contributed by atoms with Gasteiger partial charge in [-0.2, -0.15) is 0 Å². The van der Waals surface area contributed by atoms with Gasteiger partial charge in [0.25, 0.3) is 5.91 Å². The van der Waals surface area contributed by atoms with Crippen molar-refractivity contribution in [3.05, 3.63) is 54.0 Å². The molecule has 1 aliphatic heterocycles. The Kier molecular flexibility index (Phi) is 5.94. The fraction of sp³-hybridized carbons (Fsp3) is 0.400. The van der Waals surface area contributed by atoms with Crippen LogP contribution in [0.2, 0.25) is 0 Å². The monoisotopic (exact) mass is 355 g/mol. The van der Waals surface area contributed by atoms with Crippen LogP contribution in [0.4, 0.5) is 5.69 Å². The first kappa shape index (κ1) is 18.0. The molecule has 6 heteroatoms. The van der Waals surface area contributed by atoms with Gasteiger partial charge in [0.2, 0.25) is 5.91 Å². The minimum Gasteiger partial charge on any atom is -0.459 e. The molecule has 1 aliphatic rings. The summed E-state index contributed by atoms with van der Waals surface area (Å²) in [6.07, 6.45) is 5.25. The van der Waals surface area contributed by atoms with Gasteiger partial charge in [-0.15, -0.1) is 0 Å². The van der Waals surface area contributed by atoms with Crippen LogP contribution in [0.1, 0.15) is 35.4 Å². The van der Waals surface area contributed by atoms with E-state index in [-0.39, 0.29) is 24.1 Å². The Bertz CT molecular complexity index is 719. The van der Waals surface area contributed by atoms with Crippen LogP contribution in [0.5, 0.6) is 0 Å². The zero-order valence-corrected chi connectivity index (χ0v) is 15.1. The molecule has 2 heterocycles. The van der Waals surface area contributed by atoms with Gasteiger partial charge in [-0.25, -0.2) is 0 Å². The Morgan fingerprint density at radius 1 is 1.12 bits per heavy atom. The lowest BCUT2D eigenvalue weighted by molar-refractivity contribution is -0.129. The van der Waals surface area contributed by atoms with Crippen molar-refractivity contribution in [3.8, 4) is 0 Å². The Balaban J connectivity index is 1.48. The highest BCUT2D eigenvalue weighted by Gasteiger charge is 2.14. The molecule has 1 saturated heterocycles. The van der Waals surface area contributed by atoms with Gasteiger partial charge >= 0.3 is 0 Å². The van der Waals surface area contributed by atoms with E-state index < -0.39 is 0 Å². The Labute approximate surface area is 153 Å². The smallest absolute Gasteiger partial charge is 0.287 e. The van der Waals surface area contributed by atoms with Gasteiger partial charge in [0, 0.05) is 32.4 Å². The number of carbonyl (C=O) groups excluding carboxylic acids is 2. The van der Waals surface area contributed by atoms with Crippen molar-refractivity contribution in [2.24, 2.45) is 0 Å². The molecule has 0 aliphatic carbocycles. The molecule has 0 unspecified atom stereocenters. The lowest BCUT2D eigenvalue weighted by atomic mass is 10.1. The summed E-state index contributed by atoms with van der Waals surface area (Å²) in [5, 5.41) is 2.57. The van der Waals surface area contributed by atoms with E-state index in [1.54, 1.807) is 24.1 Å². The number of hydrogen-bond acceptors (Lipinski definition) is 4. The summed E-state index contributed by atoms with van der Waals surface area (Å²) < 4.78 is 5.00. The number of anilines is 1. The van der Waals surface area contributed by atoms with E-state index in [1.165, 1.54) is 31.2 Å². The van der Waals surface area contributed by atoms with E-state index in [2.05, 4.69) is 34.5 Å². The van der Waals surface area contributed by atoms with Crippen molar-refractivity contribution in [2.45, 2.75) is 25.8 Å². The molecule has 26 heavy (non-hydrogen) atoms. The van der Waals surface area contributed by atoms with Crippen LogP contribution in [0.15, 0.2) is 47.1 Å². The molecule has 6 nitrogen and oxygen atoms in total. The van der Waals surface area contributed by atoms with Crippen molar-refractivity contribution >= 4 is 17.5 Å².